The van der Waals surface area contributed by atoms with E-state index in [1.54, 1.807) is 39.0 Å². The van der Waals surface area contributed by atoms with Gasteiger partial charge in [0.2, 0.25) is 0 Å². The average molecular weight is 341 g/mol. The Morgan fingerprint density at radius 1 is 1.04 bits per heavy atom. The van der Waals surface area contributed by atoms with Gasteiger partial charge in [0.15, 0.2) is 0 Å². The molecule has 0 heterocycles. The summed E-state index contributed by atoms with van der Waals surface area (Å²) in [5.74, 6) is -0.448. The molecule has 2 aromatic carbocycles. The van der Waals surface area contributed by atoms with E-state index in [1.165, 1.54) is 0 Å². The molecule has 0 bridgehead atoms. The molecule has 132 valence electrons. The monoisotopic (exact) mass is 341 g/mol. The van der Waals surface area contributed by atoms with Crippen LogP contribution in [0.3, 0.4) is 0 Å². The zero-order valence-electron chi connectivity index (χ0n) is 15.0. The average Bonchev–Trinajstić information content (AvgIpc) is 2.54. The molecule has 0 spiro atoms. The molecule has 0 aromatic heterocycles. The Labute approximate surface area is 148 Å². The number of amides is 1. The molecular weight excluding hydrogens is 318 g/mol. The fourth-order valence-corrected chi connectivity index (χ4v) is 2.10. The minimum atomic E-state index is -0.593. The highest BCUT2D eigenvalue weighted by atomic mass is 16.6. The lowest BCUT2D eigenvalue weighted by atomic mass is 10.1. The van der Waals surface area contributed by atoms with Crippen molar-refractivity contribution < 1.29 is 19.1 Å². The van der Waals surface area contributed by atoms with Gasteiger partial charge in [-0.3, -0.25) is 5.32 Å². The summed E-state index contributed by atoms with van der Waals surface area (Å²) in [5, 5.41) is 2.67. The molecule has 0 aliphatic carbocycles. The Hall–Kier alpha value is -2.82. The maximum absolute atomic E-state index is 12.2. The number of aryl methyl sites for hydroxylation is 1. The number of carbonyl (C=O) groups excluding carboxylic acids is 2. The highest BCUT2D eigenvalue weighted by molar-refractivity contribution is 5.93. The molecule has 5 nitrogen and oxygen atoms in total. The van der Waals surface area contributed by atoms with Gasteiger partial charge in [0.25, 0.3) is 0 Å². The Morgan fingerprint density at radius 3 is 2.36 bits per heavy atom. The minimum Gasteiger partial charge on any atom is -0.457 e. The van der Waals surface area contributed by atoms with Crippen LogP contribution in [0.15, 0.2) is 48.5 Å². The molecule has 0 saturated carbocycles. The smallest absolute Gasteiger partial charge is 0.412 e. The number of nitrogens with one attached hydrogen (secondary N) is 1. The van der Waals surface area contributed by atoms with Crippen molar-refractivity contribution >= 4 is 17.7 Å². The van der Waals surface area contributed by atoms with Crippen LogP contribution in [-0.2, 0) is 16.1 Å². The highest BCUT2D eigenvalue weighted by Crippen LogP contribution is 2.19. The zero-order valence-corrected chi connectivity index (χ0v) is 15.0. The number of anilines is 1. The molecule has 0 aliphatic rings. The summed E-state index contributed by atoms with van der Waals surface area (Å²) in [6.45, 7) is 7.40. The number of rotatable bonds is 4. The summed E-state index contributed by atoms with van der Waals surface area (Å²) in [4.78, 5) is 24.2. The van der Waals surface area contributed by atoms with E-state index in [9.17, 15) is 9.59 Å². The first-order valence-corrected chi connectivity index (χ1v) is 8.06. The number of benzene rings is 2. The van der Waals surface area contributed by atoms with Gasteiger partial charge in [-0.2, -0.15) is 0 Å². The van der Waals surface area contributed by atoms with E-state index >= 15 is 0 Å². The van der Waals surface area contributed by atoms with Crippen molar-refractivity contribution in [3.05, 3.63) is 65.2 Å². The Bertz CT molecular complexity index is 748. The van der Waals surface area contributed by atoms with Crippen molar-refractivity contribution in [1.82, 2.24) is 0 Å². The van der Waals surface area contributed by atoms with Crippen LogP contribution in [0.25, 0.3) is 0 Å². The number of carbonyl (C=O) groups is 2. The minimum absolute atomic E-state index is 0.197. The quantitative estimate of drug-likeness (QED) is 0.819. The number of hydrogen-bond acceptors (Lipinski definition) is 4. The first-order valence-electron chi connectivity index (χ1n) is 8.06. The predicted octanol–water partition coefficient (Wildman–Crippen LogP) is 4.70. The lowest BCUT2D eigenvalue weighted by Gasteiger charge is -2.20. The molecule has 0 unspecified atom stereocenters. The third-order valence-electron chi connectivity index (χ3n) is 3.32. The van der Waals surface area contributed by atoms with Crippen LogP contribution in [-0.4, -0.2) is 17.7 Å². The van der Waals surface area contributed by atoms with Gasteiger partial charge >= 0.3 is 12.1 Å². The molecule has 1 amide bonds. The summed E-state index contributed by atoms with van der Waals surface area (Å²) >= 11 is 0. The van der Waals surface area contributed by atoms with Gasteiger partial charge in [0.1, 0.15) is 12.2 Å². The second-order valence-corrected chi connectivity index (χ2v) is 6.72. The Kier molecular flexibility index (Phi) is 5.80. The molecule has 0 saturated heterocycles. The van der Waals surface area contributed by atoms with Crippen LogP contribution >= 0.6 is 0 Å². The molecule has 0 radical (unpaired) electrons. The normalized spacial score (nSPS) is 10.9. The fraction of sp³-hybridized carbons (Fsp3) is 0.300. The van der Waals surface area contributed by atoms with Crippen molar-refractivity contribution in [1.29, 1.82) is 0 Å². The van der Waals surface area contributed by atoms with E-state index in [2.05, 4.69) is 5.32 Å². The summed E-state index contributed by atoms with van der Waals surface area (Å²) in [7, 11) is 0. The summed E-state index contributed by atoms with van der Waals surface area (Å²) < 4.78 is 10.5. The molecular formula is C20H23NO4. The molecule has 25 heavy (non-hydrogen) atoms. The van der Waals surface area contributed by atoms with Gasteiger partial charge in [-0.05, 0) is 51.0 Å². The van der Waals surface area contributed by atoms with Crippen LogP contribution in [0.5, 0.6) is 0 Å². The first kappa shape index (κ1) is 18.5. The Balaban J connectivity index is 2.04. The molecule has 0 fully saturated rings. The lowest BCUT2D eigenvalue weighted by Crippen LogP contribution is -2.27. The van der Waals surface area contributed by atoms with Crippen LogP contribution in [0, 0.1) is 6.92 Å². The SMILES string of the molecule is Cc1ccc(C(=O)OCc2ccccc2)cc1NC(=O)OC(C)(C)C. The largest absolute Gasteiger partial charge is 0.457 e. The molecule has 2 rings (SSSR count). The summed E-state index contributed by atoms with van der Waals surface area (Å²) in [6.07, 6.45) is -0.564. The van der Waals surface area contributed by atoms with Crippen LogP contribution in [0.1, 0.15) is 42.3 Å². The van der Waals surface area contributed by atoms with Gasteiger partial charge in [0, 0.05) is 5.69 Å². The van der Waals surface area contributed by atoms with E-state index in [0.717, 1.165) is 11.1 Å². The second-order valence-electron chi connectivity index (χ2n) is 6.72. The third-order valence-corrected chi connectivity index (χ3v) is 3.32. The van der Waals surface area contributed by atoms with Crippen LogP contribution in [0.4, 0.5) is 10.5 Å². The first-order chi connectivity index (χ1) is 11.7. The standard InChI is InChI=1S/C20H23NO4/c1-14-10-11-16(12-17(14)21-19(23)25-20(2,3)4)18(22)24-13-15-8-6-5-7-9-15/h5-12H,13H2,1-4H3,(H,21,23). The molecule has 5 heteroatoms. The highest BCUT2D eigenvalue weighted by Gasteiger charge is 2.17. The maximum atomic E-state index is 12.2. The fourth-order valence-electron chi connectivity index (χ4n) is 2.10. The second kappa shape index (κ2) is 7.83. The van der Waals surface area contributed by atoms with Gasteiger partial charge < -0.3 is 9.47 Å². The van der Waals surface area contributed by atoms with Crippen molar-refractivity contribution in [2.75, 3.05) is 5.32 Å². The van der Waals surface area contributed by atoms with E-state index in [1.807, 2.05) is 37.3 Å². The number of ether oxygens (including phenoxy) is 2. The summed E-state index contributed by atoms with van der Waals surface area (Å²) in [6, 6.07) is 14.5. The number of esters is 1. The van der Waals surface area contributed by atoms with Gasteiger partial charge in [-0.25, -0.2) is 9.59 Å². The van der Waals surface area contributed by atoms with Crippen molar-refractivity contribution in [2.24, 2.45) is 0 Å². The third kappa shape index (κ3) is 5.95. The van der Waals surface area contributed by atoms with Crippen molar-refractivity contribution in [3.8, 4) is 0 Å². The van der Waals surface area contributed by atoms with Crippen molar-refractivity contribution in [3.63, 3.8) is 0 Å². The van der Waals surface area contributed by atoms with Gasteiger partial charge in [-0.1, -0.05) is 36.4 Å². The molecule has 1 N–H and O–H groups in total. The molecule has 0 aliphatic heterocycles. The van der Waals surface area contributed by atoms with Gasteiger partial charge in [0.05, 0.1) is 5.56 Å². The lowest BCUT2D eigenvalue weighted by molar-refractivity contribution is 0.0471. The maximum Gasteiger partial charge on any atom is 0.412 e. The number of hydrogen-bond donors (Lipinski definition) is 1. The van der Waals surface area contributed by atoms with E-state index in [4.69, 9.17) is 9.47 Å². The van der Waals surface area contributed by atoms with Gasteiger partial charge in [-0.15, -0.1) is 0 Å². The topological polar surface area (TPSA) is 64.6 Å². The van der Waals surface area contributed by atoms with E-state index < -0.39 is 17.7 Å². The Morgan fingerprint density at radius 2 is 1.72 bits per heavy atom. The molecule has 2 aromatic rings. The van der Waals surface area contributed by atoms with Crippen molar-refractivity contribution in [2.45, 2.75) is 39.9 Å². The van der Waals surface area contributed by atoms with Crippen LogP contribution < -0.4 is 5.32 Å². The van der Waals surface area contributed by atoms with Crippen LogP contribution in [0.2, 0.25) is 0 Å². The predicted molar refractivity (Wildman–Crippen MR) is 96.6 cm³/mol. The zero-order chi connectivity index (χ0) is 18.4. The molecule has 0 atom stereocenters. The summed E-state index contributed by atoms with van der Waals surface area (Å²) in [5.41, 5.74) is 2.03. The van der Waals surface area contributed by atoms with E-state index in [-0.39, 0.29) is 6.61 Å². The van der Waals surface area contributed by atoms with E-state index in [0.29, 0.717) is 11.3 Å².